The lowest BCUT2D eigenvalue weighted by atomic mass is 10.1. The van der Waals surface area contributed by atoms with Crippen LogP contribution in [0.1, 0.15) is 18.1 Å². The molecule has 0 aliphatic heterocycles. The Kier molecular flexibility index (Phi) is 6.13. The summed E-state index contributed by atoms with van der Waals surface area (Å²) in [5.41, 5.74) is 2.07. The smallest absolute Gasteiger partial charge is 0.310 e. The number of nitrogens with zero attached hydrogens (tertiary/aromatic N) is 1. The number of carbonyl (C=O) groups excluding carboxylic acids is 2. The van der Waals surface area contributed by atoms with Crippen LogP contribution in [0.3, 0.4) is 0 Å². The minimum Gasteiger partial charge on any atom is -0.464 e. The number of rotatable bonds is 7. The van der Waals surface area contributed by atoms with E-state index in [1.807, 2.05) is 25.1 Å². The normalized spacial score (nSPS) is 10.7. The molecule has 1 heterocycles. The van der Waals surface area contributed by atoms with Crippen LogP contribution < -0.4 is 5.32 Å². The standard InChI is InChI=1S/C20H17ClN2O6/c1-2-12-3-5-15-13(10-28-18(15)7-12)8-20(25)29-11-19(24)22-16-6-4-14(21)9-17(16)23(26)27/h3-7,9-10H,2,8,11H2,1H3,(H,22,24). The van der Waals surface area contributed by atoms with Crippen molar-refractivity contribution in [1.29, 1.82) is 0 Å². The highest BCUT2D eigenvalue weighted by Crippen LogP contribution is 2.27. The van der Waals surface area contributed by atoms with E-state index >= 15 is 0 Å². The molecule has 2 aromatic carbocycles. The fourth-order valence-electron chi connectivity index (χ4n) is 2.78. The van der Waals surface area contributed by atoms with Crippen LogP contribution in [0.25, 0.3) is 11.0 Å². The number of nitrogens with one attached hydrogen (secondary N) is 1. The number of furan rings is 1. The van der Waals surface area contributed by atoms with E-state index in [1.165, 1.54) is 18.4 Å². The van der Waals surface area contributed by atoms with Gasteiger partial charge < -0.3 is 14.5 Å². The van der Waals surface area contributed by atoms with Crippen LogP contribution in [0.15, 0.2) is 47.1 Å². The van der Waals surface area contributed by atoms with Gasteiger partial charge in [-0.15, -0.1) is 0 Å². The number of fused-ring (bicyclic) bond motifs is 1. The average Bonchev–Trinajstić information content (AvgIpc) is 3.09. The van der Waals surface area contributed by atoms with Gasteiger partial charge in [-0.1, -0.05) is 30.7 Å². The highest BCUT2D eigenvalue weighted by Gasteiger charge is 2.18. The molecule has 0 spiro atoms. The first-order valence-electron chi connectivity index (χ1n) is 8.75. The first-order valence-corrected chi connectivity index (χ1v) is 9.13. The van der Waals surface area contributed by atoms with Crippen LogP contribution in [0.5, 0.6) is 0 Å². The summed E-state index contributed by atoms with van der Waals surface area (Å²) in [4.78, 5) is 34.5. The lowest BCUT2D eigenvalue weighted by Crippen LogP contribution is -2.22. The summed E-state index contributed by atoms with van der Waals surface area (Å²) in [6.45, 7) is 1.46. The molecular weight excluding hydrogens is 400 g/mol. The third kappa shape index (κ3) is 4.91. The third-order valence-corrected chi connectivity index (χ3v) is 4.49. The molecule has 0 unspecified atom stereocenters. The van der Waals surface area contributed by atoms with Gasteiger partial charge in [-0.2, -0.15) is 0 Å². The Hall–Kier alpha value is -3.39. The molecule has 0 radical (unpaired) electrons. The summed E-state index contributed by atoms with van der Waals surface area (Å²) in [7, 11) is 0. The van der Waals surface area contributed by atoms with Crippen LogP contribution in [0.2, 0.25) is 5.02 Å². The van der Waals surface area contributed by atoms with Crippen molar-refractivity contribution in [3.63, 3.8) is 0 Å². The van der Waals surface area contributed by atoms with Crippen molar-refractivity contribution in [2.45, 2.75) is 19.8 Å². The second-order valence-corrected chi connectivity index (χ2v) is 6.69. The van der Waals surface area contributed by atoms with Crippen molar-refractivity contribution in [2.24, 2.45) is 0 Å². The van der Waals surface area contributed by atoms with Crippen molar-refractivity contribution in [1.82, 2.24) is 0 Å². The number of anilines is 1. The van der Waals surface area contributed by atoms with Crippen molar-refractivity contribution < 1.29 is 23.7 Å². The van der Waals surface area contributed by atoms with E-state index in [2.05, 4.69) is 5.32 Å². The van der Waals surface area contributed by atoms with Gasteiger partial charge in [-0.05, 0) is 30.2 Å². The zero-order valence-electron chi connectivity index (χ0n) is 15.4. The summed E-state index contributed by atoms with van der Waals surface area (Å²) in [5.74, 6) is -1.32. The molecule has 0 saturated heterocycles. The molecular formula is C20H17ClN2O6. The number of hydrogen-bond acceptors (Lipinski definition) is 6. The molecule has 3 rings (SSSR count). The second-order valence-electron chi connectivity index (χ2n) is 6.25. The summed E-state index contributed by atoms with van der Waals surface area (Å²) < 4.78 is 10.5. The summed E-state index contributed by atoms with van der Waals surface area (Å²) in [5, 5.41) is 14.4. The van der Waals surface area contributed by atoms with Crippen LogP contribution in [0.4, 0.5) is 11.4 Å². The molecule has 0 fully saturated rings. The Balaban J connectivity index is 1.59. The molecule has 1 N–H and O–H groups in total. The fraction of sp³-hybridized carbons (Fsp3) is 0.200. The molecule has 0 aliphatic carbocycles. The van der Waals surface area contributed by atoms with Crippen LogP contribution in [-0.2, 0) is 27.2 Å². The third-order valence-electron chi connectivity index (χ3n) is 4.26. The maximum absolute atomic E-state index is 12.1. The molecule has 29 heavy (non-hydrogen) atoms. The van der Waals surface area contributed by atoms with Gasteiger partial charge in [0.25, 0.3) is 11.6 Å². The molecule has 3 aromatic rings. The SMILES string of the molecule is CCc1ccc2c(CC(=O)OCC(=O)Nc3ccc(Cl)cc3[N+](=O)[O-])coc2c1. The number of benzene rings is 2. The Bertz CT molecular complexity index is 1090. The zero-order valence-corrected chi connectivity index (χ0v) is 16.2. The number of amides is 1. The van der Waals surface area contributed by atoms with Crippen LogP contribution in [-0.4, -0.2) is 23.4 Å². The first-order chi connectivity index (χ1) is 13.9. The van der Waals surface area contributed by atoms with Gasteiger partial charge in [0.2, 0.25) is 0 Å². The van der Waals surface area contributed by atoms with Gasteiger partial charge >= 0.3 is 5.97 Å². The van der Waals surface area contributed by atoms with E-state index in [1.54, 1.807) is 0 Å². The zero-order chi connectivity index (χ0) is 21.0. The lowest BCUT2D eigenvalue weighted by molar-refractivity contribution is -0.383. The molecule has 1 aromatic heterocycles. The number of nitro groups is 1. The number of esters is 1. The van der Waals surface area contributed by atoms with Crippen molar-refractivity contribution in [2.75, 3.05) is 11.9 Å². The van der Waals surface area contributed by atoms with E-state index in [0.717, 1.165) is 23.4 Å². The summed E-state index contributed by atoms with van der Waals surface area (Å²) in [6, 6.07) is 9.59. The summed E-state index contributed by atoms with van der Waals surface area (Å²) >= 11 is 5.73. The van der Waals surface area contributed by atoms with E-state index in [9.17, 15) is 19.7 Å². The number of nitro benzene ring substituents is 1. The summed E-state index contributed by atoms with van der Waals surface area (Å²) in [6.07, 6.45) is 2.30. The largest absolute Gasteiger partial charge is 0.464 e. The maximum atomic E-state index is 12.1. The minimum absolute atomic E-state index is 0.0343. The molecule has 9 heteroatoms. The number of aryl methyl sites for hydroxylation is 1. The van der Waals surface area contributed by atoms with Gasteiger partial charge in [0, 0.05) is 22.0 Å². The first kappa shape index (κ1) is 20.3. The average molecular weight is 417 g/mol. The van der Waals surface area contributed by atoms with Crippen molar-refractivity contribution in [3.8, 4) is 0 Å². The highest BCUT2D eigenvalue weighted by molar-refractivity contribution is 6.31. The van der Waals surface area contributed by atoms with Gasteiger partial charge in [-0.25, -0.2) is 0 Å². The van der Waals surface area contributed by atoms with Gasteiger partial charge in [0.05, 0.1) is 17.6 Å². The Morgan fingerprint density at radius 3 is 2.76 bits per heavy atom. The molecule has 1 amide bonds. The van der Waals surface area contributed by atoms with Gasteiger partial charge in [-0.3, -0.25) is 19.7 Å². The number of hydrogen-bond donors (Lipinski definition) is 1. The molecule has 0 aliphatic rings. The number of halogens is 1. The van der Waals surface area contributed by atoms with E-state index < -0.39 is 23.4 Å². The number of ether oxygens (including phenoxy) is 1. The van der Waals surface area contributed by atoms with E-state index in [0.29, 0.717) is 11.1 Å². The van der Waals surface area contributed by atoms with Gasteiger partial charge in [0.1, 0.15) is 11.3 Å². The molecule has 0 atom stereocenters. The number of carbonyl (C=O) groups is 2. The Morgan fingerprint density at radius 2 is 2.03 bits per heavy atom. The van der Waals surface area contributed by atoms with Crippen LogP contribution >= 0.6 is 11.6 Å². The molecule has 8 nitrogen and oxygen atoms in total. The second kappa shape index (κ2) is 8.74. The predicted octanol–water partition coefficient (Wildman–Crippen LogP) is 4.28. The molecule has 150 valence electrons. The quantitative estimate of drug-likeness (QED) is 0.349. The Labute approximate surface area is 170 Å². The van der Waals surface area contributed by atoms with Gasteiger partial charge in [0.15, 0.2) is 6.61 Å². The van der Waals surface area contributed by atoms with E-state index in [4.69, 9.17) is 20.8 Å². The van der Waals surface area contributed by atoms with Crippen molar-refractivity contribution in [3.05, 3.63) is 68.9 Å². The van der Waals surface area contributed by atoms with E-state index in [-0.39, 0.29) is 22.8 Å². The monoisotopic (exact) mass is 416 g/mol. The maximum Gasteiger partial charge on any atom is 0.310 e. The topological polar surface area (TPSA) is 112 Å². The lowest BCUT2D eigenvalue weighted by Gasteiger charge is -2.07. The molecule has 0 bridgehead atoms. The van der Waals surface area contributed by atoms with Crippen molar-refractivity contribution >= 4 is 45.8 Å². The highest BCUT2D eigenvalue weighted by atomic mass is 35.5. The minimum atomic E-state index is -0.701. The fourth-order valence-corrected chi connectivity index (χ4v) is 2.95. The predicted molar refractivity (Wildman–Crippen MR) is 107 cm³/mol. The Morgan fingerprint density at radius 1 is 1.24 bits per heavy atom. The van der Waals surface area contributed by atoms with Crippen LogP contribution in [0, 0.1) is 10.1 Å². The molecule has 0 saturated carbocycles.